The van der Waals surface area contributed by atoms with E-state index in [0.29, 0.717) is 0 Å². The Morgan fingerprint density at radius 3 is 2.47 bits per heavy atom. The number of ether oxygens (including phenoxy) is 2. The third-order valence-corrected chi connectivity index (χ3v) is 6.99. The van der Waals surface area contributed by atoms with E-state index in [1.54, 1.807) is 18.2 Å². The quantitative estimate of drug-likeness (QED) is 0.344. The molecule has 32 heavy (non-hydrogen) atoms. The summed E-state index contributed by atoms with van der Waals surface area (Å²) in [7, 11) is 1.28. The van der Waals surface area contributed by atoms with Crippen LogP contribution in [0.5, 0.6) is 5.75 Å². The standard InChI is InChI=1S/C22H20O10/c1-30-11-7-12(31-14(23)8-11)16-20(27)9-13-18(25)21(16,28)17(22(20,29)19(26)32-13)15(24)10-5-3-2-4-6-10/h2-8,13,16-18,25,27-29H,9H2,1H3/t13-,16-,17+,18-,20-,21+,22-/m1/s1. The first-order valence-corrected chi connectivity index (χ1v) is 9.93. The number of hydrogen-bond donors (Lipinski definition) is 4. The third-order valence-electron chi connectivity index (χ3n) is 6.99. The van der Waals surface area contributed by atoms with Gasteiger partial charge in [-0.2, -0.15) is 0 Å². The van der Waals surface area contributed by atoms with Gasteiger partial charge in [-0.15, -0.1) is 0 Å². The Balaban J connectivity index is 1.80. The molecule has 0 spiro atoms. The van der Waals surface area contributed by atoms with E-state index in [4.69, 9.17) is 13.9 Å². The maximum atomic E-state index is 13.5. The van der Waals surface area contributed by atoms with Crippen LogP contribution in [-0.2, 0) is 9.53 Å². The summed E-state index contributed by atoms with van der Waals surface area (Å²) in [6.07, 6.45) is -3.76. The van der Waals surface area contributed by atoms with Crippen LogP contribution in [0.4, 0.5) is 0 Å². The molecule has 3 aliphatic rings. The van der Waals surface area contributed by atoms with Crippen molar-refractivity contribution in [3.8, 4) is 5.75 Å². The summed E-state index contributed by atoms with van der Waals surface area (Å²) in [5.41, 5.74) is -8.89. The van der Waals surface area contributed by atoms with Crippen molar-refractivity contribution >= 4 is 11.8 Å². The molecule has 10 nitrogen and oxygen atoms in total. The molecule has 4 N–H and O–H groups in total. The van der Waals surface area contributed by atoms with Gasteiger partial charge in [-0.25, -0.2) is 9.59 Å². The topological polar surface area (TPSA) is 164 Å². The number of hydrogen-bond acceptors (Lipinski definition) is 10. The van der Waals surface area contributed by atoms with Crippen molar-refractivity contribution in [2.75, 3.05) is 7.11 Å². The Hall–Kier alpha value is -3.05. The molecule has 0 amide bonds. The average molecular weight is 444 g/mol. The predicted molar refractivity (Wildman–Crippen MR) is 104 cm³/mol. The molecule has 1 aliphatic heterocycles. The largest absolute Gasteiger partial charge is 0.496 e. The molecule has 1 saturated heterocycles. The number of carbonyl (C=O) groups is 2. The van der Waals surface area contributed by atoms with E-state index in [1.165, 1.54) is 25.3 Å². The number of rotatable bonds is 4. The molecule has 2 aliphatic carbocycles. The number of methoxy groups -OCH3 is 1. The van der Waals surface area contributed by atoms with E-state index in [0.717, 1.165) is 6.07 Å². The highest BCUT2D eigenvalue weighted by Gasteiger charge is 2.88. The number of Topliss-reactive ketones (excluding diaryl/α,β-unsaturated/α-hetero) is 1. The van der Waals surface area contributed by atoms with Crippen molar-refractivity contribution in [1.82, 2.24) is 0 Å². The van der Waals surface area contributed by atoms with E-state index in [1.807, 2.05) is 0 Å². The molecule has 10 heteroatoms. The highest BCUT2D eigenvalue weighted by atomic mass is 16.6. The van der Waals surface area contributed by atoms with Crippen LogP contribution >= 0.6 is 0 Å². The Kier molecular flexibility index (Phi) is 4.22. The number of esters is 1. The van der Waals surface area contributed by atoms with Crippen LogP contribution in [0.2, 0.25) is 0 Å². The van der Waals surface area contributed by atoms with Crippen molar-refractivity contribution < 1.29 is 43.9 Å². The van der Waals surface area contributed by atoms with Gasteiger partial charge in [-0.3, -0.25) is 4.79 Å². The van der Waals surface area contributed by atoms with Gasteiger partial charge < -0.3 is 34.3 Å². The first kappa shape index (κ1) is 20.8. The Labute approximate surface area is 180 Å². The van der Waals surface area contributed by atoms with Crippen molar-refractivity contribution in [3.05, 3.63) is 64.2 Å². The Morgan fingerprint density at radius 1 is 1.12 bits per heavy atom. The summed E-state index contributed by atoms with van der Waals surface area (Å²) in [5.74, 6) is -6.31. The molecule has 2 aromatic rings. The maximum absolute atomic E-state index is 13.5. The van der Waals surface area contributed by atoms with Crippen LogP contribution < -0.4 is 10.4 Å². The number of carbonyl (C=O) groups excluding carboxylic acids is 2. The molecule has 0 radical (unpaired) electrons. The van der Waals surface area contributed by atoms with Gasteiger partial charge in [0, 0.05) is 18.1 Å². The fraction of sp³-hybridized carbons (Fsp3) is 0.409. The highest BCUT2D eigenvalue weighted by molar-refractivity contribution is 6.05. The van der Waals surface area contributed by atoms with Gasteiger partial charge in [0.1, 0.15) is 34.9 Å². The molecule has 1 aromatic carbocycles. The summed E-state index contributed by atoms with van der Waals surface area (Å²) >= 11 is 0. The normalized spacial score (nSPS) is 39.6. The zero-order chi connectivity index (χ0) is 23.1. The fourth-order valence-corrected chi connectivity index (χ4v) is 5.68. The monoisotopic (exact) mass is 444 g/mol. The number of ketones is 1. The average Bonchev–Trinajstić information content (AvgIpc) is 2.87. The van der Waals surface area contributed by atoms with Gasteiger partial charge in [0.25, 0.3) is 0 Å². The second-order valence-corrected chi connectivity index (χ2v) is 8.49. The van der Waals surface area contributed by atoms with Gasteiger partial charge in [0.2, 0.25) is 5.60 Å². The molecule has 168 valence electrons. The van der Waals surface area contributed by atoms with E-state index in [9.17, 15) is 34.8 Å². The number of benzene rings is 1. The molecule has 1 aromatic heterocycles. The van der Waals surface area contributed by atoms with Crippen LogP contribution in [0.1, 0.15) is 28.5 Å². The zero-order valence-electron chi connectivity index (χ0n) is 16.8. The van der Waals surface area contributed by atoms with E-state index >= 15 is 0 Å². The lowest BCUT2D eigenvalue weighted by molar-refractivity contribution is -0.252. The Bertz CT molecular complexity index is 1170. The summed E-state index contributed by atoms with van der Waals surface area (Å²) in [6.45, 7) is 0. The first-order chi connectivity index (χ1) is 15.1. The molecule has 2 saturated carbocycles. The number of fused-ring (bicyclic) bond motifs is 2. The van der Waals surface area contributed by atoms with Crippen molar-refractivity contribution in [1.29, 1.82) is 0 Å². The van der Waals surface area contributed by atoms with Crippen LogP contribution in [0.25, 0.3) is 0 Å². The summed E-state index contributed by atoms with van der Waals surface area (Å²) < 4.78 is 15.4. The van der Waals surface area contributed by atoms with E-state index in [-0.39, 0.29) is 17.1 Å². The molecule has 7 atom stereocenters. The van der Waals surface area contributed by atoms with Gasteiger partial charge in [-0.1, -0.05) is 30.3 Å². The minimum Gasteiger partial charge on any atom is -0.496 e. The lowest BCUT2D eigenvalue weighted by Gasteiger charge is -2.50. The van der Waals surface area contributed by atoms with Gasteiger partial charge in [-0.05, 0) is 0 Å². The van der Waals surface area contributed by atoms with Gasteiger partial charge in [0.15, 0.2) is 5.78 Å². The molecule has 3 bridgehead atoms. The van der Waals surface area contributed by atoms with Gasteiger partial charge in [0.05, 0.1) is 25.0 Å². The molecule has 0 unspecified atom stereocenters. The second kappa shape index (κ2) is 6.48. The second-order valence-electron chi connectivity index (χ2n) is 8.49. The minimum absolute atomic E-state index is 0.0218. The summed E-state index contributed by atoms with van der Waals surface area (Å²) in [4.78, 5) is 38.5. The fourth-order valence-electron chi connectivity index (χ4n) is 5.68. The summed E-state index contributed by atoms with van der Waals surface area (Å²) in [5, 5.41) is 46.1. The van der Waals surface area contributed by atoms with Crippen LogP contribution in [-0.4, -0.2) is 68.3 Å². The number of aliphatic hydroxyl groups excluding tert-OH is 1. The lowest BCUT2D eigenvalue weighted by atomic mass is 9.65. The Morgan fingerprint density at radius 2 is 1.81 bits per heavy atom. The van der Waals surface area contributed by atoms with Gasteiger partial charge >= 0.3 is 11.6 Å². The minimum atomic E-state index is -2.92. The van der Waals surface area contributed by atoms with Crippen molar-refractivity contribution in [2.45, 2.75) is 41.3 Å². The highest BCUT2D eigenvalue weighted by Crippen LogP contribution is 2.67. The van der Waals surface area contributed by atoms with Crippen molar-refractivity contribution in [2.24, 2.45) is 5.92 Å². The van der Waals surface area contributed by atoms with E-state index < -0.39 is 64.6 Å². The maximum Gasteiger partial charge on any atom is 0.342 e. The van der Waals surface area contributed by atoms with E-state index in [2.05, 4.69) is 0 Å². The predicted octanol–water partition coefficient (Wildman–Crippen LogP) is -0.872. The molecule has 3 fully saturated rings. The lowest BCUT2D eigenvalue weighted by Crippen LogP contribution is -2.69. The molecular formula is C22H20O10. The summed E-state index contributed by atoms with van der Waals surface area (Å²) in [6, 6.07) is 9.75. The number of aliphatic hydroxyl groups is 4. The smallest absolute Gasteiger partial charge is 0.342 e. The first-order valence-electron chi connectivity index (χ1n) is 9.93. The third kappa shape index (κ3) is 2.29. The van der Waals surface area contributed by atoms with Crippen LogP contribution in [0.3, 0.4) is 0 Å². The molecule has 2 heterocycles. The molecule has 5 rings (SSSR count). The molecular weight excluding hydrogens is 424 g/mol. The van der Waals surface area contributed by atoms with Crippen molar-refractivity contribution in [3.63, 3.8) is 0 Å². The van der Waals surface area contributed by atoms with Crippen LogP contribution in [0, 0.1) is 5.92 Å². The zero-order valence-corrected chi connectivity index (χ0v) is 16.8. The van der Waals surface area contributed by atoms with Crippen LogP contribution in [0.15, 0.2) is 51.7 Å². The SMILES string of the molecule is COc1cc([C@H]2[C@@]3(O)[C@H](O)[C@H]4C[C@]2(O)[C@](O)(C(=O)O4)[C@H]3C(=O)c2ccccc2)oc(=O)c1.